The van der Waals surface area contributed by atoms with Crippen molar-refractivity contribution >= 4 is 5.91 Å². The summed E-state index contributed by atoms with van der Waals surface area (Å²) in [5, 5.41) is 3.03. The van der Waals surface area contributed by atoms with Crippen LogP contribution in [0.2, 0.25) is 0 Å². The lowest BCUT2D eigenvalue weighted by Gasteiger charge is -2.29. The number of benzene rings is 1. The number of quaternary nitrogens is 1. The van der Waals surface area contributed by atoms with E-state index in [2.05, 4.69) is 65.3 Å². The zero-order valence-electron chi connectivity index (χ0n) is 18.1. The van der Waals surface area contributed by atoms with Crippen LogP contribution in [0.1, 0.15) is 63.5 Å². The van der Waals surface area contributed by atoms with Crippen molar-refractivity contribution in [2.24, 2.45) is 0 Å². The Bertz CT molecular complexity index is 559. The molecule has 0 aliphatic heterocycles. The standard InChI is InChI=1S/C22H38N2O2.BrH/c1-7-8-9-13-23-22(25)17-24(5,6)14-10-15-26-21-16-20(18(2)3)12-11-19(21)4;/h11-12,16,18H,7-10,13-15,17H2,1-6H3;1H. The Balaban J connectivity index is 0.00000676. The summed E-state index contributed by atoms with van der Waals surface area (Å²) >= 11 is 0. The Morgan fingerprint density at radius 3 is 2.52 bits per heavy atom. The molecule has 0 aromatic heterocycles. The van der Waals surface area contributed by atoms with Crippen molar-refractivity contribution in [2.45, 2.75) is 59.3 Å². The molecule has 5 heteroatoms. The Morgan fingerprint density at radius 2 is 1.89 bits per heavy atom. The second-order valence-electron chi connectivity index (χ2n) is 8.26. The first-order chi connectivity index (χ1) is 12.2. The number of hydrogen-bond acceptors (Lipinski definition) is 2. The van der Waals surface area contributed by atoms with Gasteiger partial charge in [0.2, 0.25) is 0 Å². The van der Waals surface area contributed by atoms with Crippen LogP contribution in [0.5, 0.6) is 5.75 Å². The van der Waals surface area contributed by atoms with Crippen molar-refractivity contribution in [1.29, 1.82) is 0 Å². The molecule has 1 aromatic carbocycles. The fraction of sp³-hybridized carbons (Fsp3) is 0.682. The highest BCUT2D eigenvalue weighted by Crippen LogP contribution is 2.24. The van der Waals surface area contributed by atoms with E-state index in [0.717, 1.165) is 31.7 Å². The summed E-state index contributed by atoms with van der Waals surface area (Å²) in [5.74, 6) is 1.63. The molecule has 0 aliphatic carbocycles. The number of nitrogens with zero attached hydrogens (tertiary/aromatic N) is 1. The summed E-state index contributed by atoms with van der Waals surface area (Å²) < 4.78 is 6.70. The highest BCUT2D eigenvalue weighted by atomic mass is 79.9. The molecule has 0 spiro atoms. The normalized spacial score (nSPS) is 11.2. The van der Waals surface area contributed by atoms with Crippen LogP contribution in [0.25, 0.3) is 0 Å². The average Bonchev–Trinajstić information content (AvgIpc) is 2.56. The van der Waals surface area contributed by atoms with Crippen LogP contribution in [-0.4, -0.2) is 50.7 Å². The molecular weight excluding hydrogens is 404 g/mol. The Morgan fingerprint density at radius 1 is 1.19 bits per heavy atom. The number of nitrogens with one attached hydrogen (secondary N) is 1. The third-order valence-electron chi connectivity index (χ3n) is 4.72. The molecule has 156 valence electrons. The number of amides is 1. The summed E-state index contributed by atoms with van der Waals surface area (Å²) in [7, 11) is 4.21. The van der Waals surface area contributed by atoms with Crippen LogP contribution < -0.4 is 27.0 Å². The molecule has 0 aliphatic rings. The van der Waals surface area contributed by atoms with Gasteiger partial charge in [-0.3, -0.25) is 4.79 Å². The zero-order valence-corrected chi connectivity index (χ0v) is 19.7. The molecule has 27 heavy (non-hydrogen) atoms. The van der Waals surface area contributed by atoms with E-state index in [1.54, 1.807) is 0 Å². The van der Waals surface area contributed by atoms with E-state index in [1.165, 1.54) is 24.0 Å². The fourth-order valence-electron chi connectivity index (χ4n) is 2.93. The lowest BCUT2D eigenvalue weighted by Crippen LogP contribution is -3.00. The number of rotatable bonds is 12. The number of aryl methyl sites for hydroxylation is 1. The summed E-state index contributed by atoms with van der Waals surface area (Å²) in [5.41, 5.74) is 2.48. The van der Waals surface area contributed by atoms with Crippen molar-refractivity contribution in [3.63, 3.8) is 0 Å². The van der Waals surface area contributed by atoms with Gasteiger partial charge in [0.25, 0.3) is 5.91 Å². The number of likely N-dealkylation sites (N-methyl/N-ethyl adjacent to an activating group) is 1. The Hall–Kier alpha value is -1.07. The number of carbonyl (C=O) groups is 1. The lowest BCUT2D eigenvalue weighted by atomic mass is 10.0. The third kappa shape index (κ3) is 10.7. The first-order valence-corrected chi connectivity index (χ1v) is 10.1. The molecule has 1 N–H and O–H groups in total. The molecule has 1 aromatic rings. The molecule has 0 heterocycles. The topological polar surface area (TPSA) is 38.3 Å². The van der Waals surface area contributed by atoms with Gasteiger partial charge in [0.15, 0.2) is 6.54 Å². The molecular formula is C22H39BrN2O2. The van der Waals surface area contributed by atoms with Crippen LogP contribution in [0.4, 0.5) is 0 Å². The first-order valence-electron chi connectivity index (χ1n) is 10.1. The molecule has 0 bridgehead atoms. The van der Waals surface area contributed by atoms with Crippen molar-refractivity contribution in [1.82, 2.24) is 5.32 Å². The molecule has 0 radical (unpaired) electrons. The number of carbonyl (C=O) groups excluding carboxylic acids is 1. The summed E-state index contributed by atoms with van der Waals surface area (Å²) in [6, 6.07) is 6.46. The minimum absolute atomic E-state index is 0. The second-order valence-corrected chi connectivity index (χ2v) is 8.26. The molecule has 0 fully saturated rings. The number of unbranched alkanes of at least 4 members (excludes halogenated alkanes) is 2. The van der Waals surface area contributed by atoms with Crippen LogP contribution in [-0.2, 0) is 4.79 Å². The Labute approximate surface area is 177 Å². The Kier molecular flexibility index (Phi) is 12.6. The largest absolute Gasteiger partial charge is 1.00 e. The van der Waals surface area contributed by atoms with Gasteiger partial charge in [0.05, 0.1) is 27.2 Å². The van der Waals surface area contributed by atoms with Gasteiger partial charge in [-0.25, -0.2) is 0 Å². The number of hydrogen-bond donors (Lipinski definition) is 1. The molecule has 1 rings (SSSR count). The second kappa shape index (κ2) is 13.2. The summed E-state index contributed by atoms with van der Waals surface area (Å²) in [6.07, 6.45) is 4.35. The van der Waals surface area contributed by atoms with Crippen LogP contribution >= 0.6 is 0 Å². The SMILES string of the molecule is CCCCCNC(=O)C[N+](C)(C)CCCOc1cc(C(C)C)ccc1C.[Br-]. The van der Waals surface area contributed by atoms with E-state index in [0.29, 0.717) is 23.6 Å². The zero-order chi connectivity index (χ0) is 19.6. The highest BCUT2D eigenvalue weighted by molar-refractivity contribution is 5.76. The lowest BCUT2D eigenvalue weighted by molar-refractivity contribution is -0.882. The molecule has 0 atom stereocenters. The van der Waals surface area contributed by atoms with Gasteiger partial charge >= 0.3 is 0 Å². The minimum Gasteiger partial charge on any atom is -1.00 e. The predicted molar refractivity (Wildman–Crippen MR) is 110 cm³/mol. The fourth-order valence-corrected chi connectivity index (χ4v) is 2.93. The van der Waals surface area contributed by atoms with Crippen molar-refractivity contribution in [3.05, 3.63) is 29.3 Å². The van der Waals surface area contributed by atoms with Gasteiger partial charge in [-0.2, -0.15) is 0 Å². The first kappa shape index (κ1) is 25.9. The van der Waals surface area contributed by atoms with Crippen molar-refractivity contribution in [3.8, 4) is 5.75 Å². The number of halogens is 1. The van der Waals surface area contributed by atoms with E-state index in [-0.39, 0.29) is 22.9 Å². The summed E-state index contributed by atoms with van der Waals surface area (Å²) in [4.78, 5) is 12.1. The maximum absolute atomic E-state index is 12.1. The quantitative estimate of drug-likeness (QED) is 0.391. The van der Waals surface area contributed by atoms with Gasteiger partial charge < -0.3 is 31.5 Å². The van der Waals surface area contributed by atoms with Gasteiger partial charge in [0, 0.05) is 13.0 Å². The smallest absolute Gasteiger partial charge is 0.275 e. The maximum Gasteiger partial charge on any atom is 0.275 e. The number of ether oxygens (including phenoxy) is 1. The van der Waals surface area contributed by atoms with E-state index < -0.39 is 0 Å². The van der Waals surface area contributed by atoms with Crippen LogP contribution in [0, 0.1) is 6.92 Å². The third-order valence-corrected chi connectivity index (χ3v) is 4.72. The monoisotopic (exact) mass is 442 g/mol. The molecule has 0 unspecified atom stereocenters. The van der Waals surface area contributed by atoms with Crippen LogP contribution in [0.15, 0.2) is 18.2 Å². The van der Waals surface area contributed by atoms with E-state index in [4.69, 9.17) is 4.74 Å². The predicted octanol–water partition coefficient (Wildman–Crippen LogP) is 1.27. The molecule has 1 amide bonds. The summed E-state index contributed by atoms with van der Waals surface area (Å²) in [6.45, 7) is 11.6. The van der Waals surface area contributed by atoms with Gasteiger partial charge in [0.1, 0.15) is 5.75 Å². The van der Waals surface area contributed by atoms with Gasteiger partial charge in [-0.05, 0) is 36.5 Å². The van der Waals surface area contributed by atoms with E-state index in [1.807, 2.05) is 0 Å². The maximum atomic E-state index is 12.1. The van der Waals surface area contributed by atoms with Crippen molar-refractivity contribution < 1.29 is 31.0 Å². The van der Waals surface area contributed by atoms with E-state index in [9.17, 15) is 4.79 Å². The molecule has 4 nitrogen and oxygen atoms in total. The highest BCUT2D eigenvalue weighted by Gasteiger charge is 2.19. The van der Waals surface area contributed by atoms with Gasteiger partial charge in [-0.1, -0.05) is 45.7 Å². The van der Waals surface area contributed by atoms with E-state index >= 15 is 0 Å². The van der Waals surface area contributed by atoms with Crippen molar-refractivity contribution in [2.75, 3.05) is 40.3 Å². The minimum atomic E-state index is 0. The molecule has 0 saturated heterocycles. The average molecular weight is 443 g/mol. The van der Waals surface area contributed by atoms with Crippen LogP contribution in [0.3, 0.4) is 0 Å². The molecule has 0 saturated carbocycles. The van der Waals surface area contributed by atoms with Gasteiger partial charge in [-0.15, -0.1) is 0 Å².